The summed E-state index contributed by atoms with van der Waals surface area (Å²) in [6.07, 6.45) is 6.40. The van der Waals surface area contributed by atoms with E-state index in [1.54, 1.807) is 4.90 Å². The van der Waals surface area contributed by atoms with Gasteiger partial charge < -0.3 is 10.0 Å². The van der Waals surface area contributed by atoms with Crippen LogP contribution in [0.5, 0.6) is 0 Å². The van der Waals surface area contributed by atoms with Crippen molar-refractivity contribution in [3.8, 4) is 0 Å². The first-order chi connectivity index (χ1) is 14.2. The molecule has 7 heteroatoms. The molecule has 0 bridgehead atoms. The van der Waals surface area contributed by atoms with Gasteiger partial charge in [-0.15, -0.1) is 0 Å². The second-order valence-corrected chi connectivity index (χ2v) is 8.66. The van der Waals surface area contributed by atoms with E-state index in [4.69, 9.17) is 0 Å². The van der Waals surface area contributed by atoms with Gasteiger partial charge in [-0.05, 0) is 30.5 Å². The van der Waals surface area contributed by atoms with Crippen molar-refractivity contribution in [3.05, 3.63) is 77.4 Å². The number of benzene rings is 1. The number of rotatable bonds is 6. The molecule has 6 nitrogen and oxygen atoms in total. The van der Waals surface area contributed by atoms with Crippen LogP contribution >= 0.6 is 11.9 Å². The number of hydrogen-bond acceptors (Lipinski definition) is 5. The van der Waals surface area contributed by atoms with Gasteiger partial charge in [-0.3, -0.25) is 9.78 Å². The Labute approximate surface area is 173 Å². The van der Waals surface area contributed by atoms with Gasteiger partial charge in [-0.1, -0.05) is 30.3 Å². The van der Waals surface area contributed by atoms with E-state index in [9.17, 15) is 9.90 Å². The van der Waals surface area contributed by atoms with Crippen LogP contribution in [0.15, 0.2) is 59.8 Å². The number of aromatic nitrogens is 3. The quantitative estimate of drug-likeness (QED) is 0.680. The SMILES string of the molecule is O=C(C(CO)c1ccccc1)N1Cc2cn(Sc3ccc(C4CC4)nc3)nc2C1. The highest BCUT2D eigenvalue weighted by molar-refractivity contribution is 7.97. The molecule has 1 fully saturated rings. The molecule has 1 aliphatic carbocycles. The van der Waals surface area contributed by atoms with E-state index in [1.165, 1.54) is 30.5 Å². The molecule has 2 aromatic heterocycles. The molecule has 1 aliphatic heterocycles. The summed E-state index contributed by atoms with van der Waals surface area (Å²) in [5, 5.41) is 14.4. The Kier molecular flexibility index (Phi) is 4.85. The highest BCUT2D eigenvalue weighted by Crippen LogP contribution is 2.39. The van der Waals surface area contributed by atoms with E-state index in [1.807, 2.05) is 46.8 Å². The van der Waals surface area contributed by atoms with Crippen LogP contribution in [-0.4, -0.2) is 36.7 Å². The van der Waals surface area contributed by atoms with Crippen molar-refractivity contribution in [2.45, 2.75) is 42.7 Å². The number of amides is 1. The Balaban J connectivity index is 1.24. The Morgan fingerprint density at radius 1 is 1.17 bits per heavy atom. The third-order valence-electron chi connectivity index (χ3n) is 5.51. The molecule has 29 heavy (non-hydrogen) atoms. The van der Waals surface area contributed by atoms with E-state index in [0.29, 0.717) is 19.0 Å². The van der Waals surface area contributed by atoms with Gasteiger partial charge in [-0.2, -0.15) is 5.10 Å². The Morgan fingerprint density at radius 3 is 2.66 bits per heavy atom. The van der Waals surface area contributed by atoms with Gasteiger partial charge >= 0.3 is 0 Å². The molecule has 1 amide bonds. The second-order valence-electron chi connectivity index (χ2n) is 7.63. The van der Waals surface area contributed by atoms with Gasteiger partial charge in [0.2, 0.25) is 5.91 Å². The number of hydrogen-bond donors (Lipinski definition) is 1. The highest BCUT2D eigenvalue weighted by atomic mass is 32.2. The normalized spacial score (nSPS) is 16.7. The van der Waals surface area contributed by atoms with Crippen LogP contribution in [0, 0.1) is 0 Å². The molecule has 1 aromatic carbocycles. The minimum absolute atomic E-state index is 0.0595. The van der Waals surface area contributed by atoms with Gasteiger partial charge in [0.05, 0.1) is 24.8 Å². The molecule has 2 aliphatic rings. The van der Waals surface area contributed by atoms with Crippen LogP contribution in [0.3, 0.4) is 0 Å². The number of aliphatic hydroxyl groups is 1. The monoisotopic (exact) mass is 406 g/mol. The first kappa shape index (κ1) is 18.4. The summed E-state index contributed by atoms with van der Waals surface area (Å²) in [7, 11) is 0. The molecule has 1 atom stereocenters. The number of aliphatic hydroxyl groups excluding tert-OH is 1. The zero-order chi connectivity index (χ0) is 19.8. The molecule has 3 heterocycles. The van der Waals surface area contributed by atoms with Crippen LogP contribution in [-0.2, 0) is 17.9 Å². The fourth-order valence-corrected chi connectivity index (χ4v) is 4.50. The minimum Gasteiger partial charge on any atom is -0.395 e. The third kappa shape index (κ3) is 3.80. The predicted molar refractivity (Wildman–Crippen MR) is 110 cm³/mol. The van der Waals surface area contributed by atoms with Gasteiger partial charge in [0, 0.05) is 53.0 Å². The molecule has 0 radical (unpaired) electrons. The molecule has 0 saturated heterocycles. The Bertz CT molecular complexity index is 992. The van der Waals surface area contributed by atoms with E-state index in [-0.39, 0.29) is 12.5 Å². The van der Waals surface area contributed by atoms with Gasteiger partial charge in [0.1, 0.15) is 0 Å². The van der Waals surface area contributed by atoms with Crippen molar-refractivity contribution < 1.29 is 9.90 Å². The van der Waals surface area contributed by atoms with E-state index in [2.05, 4.69) is 22.2 Å². The lowest BCUT2D eigenvalue weighted by atomic mass is 9.98. The van der Waals surface area contributed by atoms with E-state index in [0.717, 1.165) is 21.7 Å². The maximum absolute atomic E-state index is 12.9. The number of fused-ring (bicyclic) bond motifs is 1. The maximum Gasteiger partial charge on any atom is 0.233 e. The first-order valence-electron chi connectivity index (χ1n) is 9.87. The van der Waals surface area contributed by atoms with Crippen LogP contribution in [0.1, 0.15) is 47.2 Å². The molecule has 3 aromatic rings. The van der Waals surface area contributed by atoms with Crippen molar-refractivity contribution in [2.75, 3.05) is 6.61 Å². The first-order valence-corrected chi connectivity index (χ1v) is 10.6. The molecule has 1 saturated carbocycles. The van der Waals surface area contributed by atoms with Crippen molar-refractivity contribution >= 4 is 17.9 Å². The van der Waals surface area contributed by atoms with Crippen LogP contribution in [0.2, 0.25) is 0 Å². The largest absolute Gasteiger partial charge is 0.395 e. The number of nitrogens with zero attached hydrogens (tertiary/aromatic N) is 4. The second kappa shape index (κ2) is 7.65. The predicted octanol–water partition coefficient (Wildman–Crippen LogP) is 3.33. The topological polar surface area (TPSA) is 71.2 Å². The fourth-order valence-electron chi connectivity index (χ4n) is 3.74. The lowest BCUT2D eigenvalue weighted by Gasteiger charge is -2.22. The molecular formula is C22H22N4O2S. The molecular weight excluding hydrogens is 384 g/mol. The average molecular weight is 407 g/mol. The van der Waals surface area contributed by atoms with Crippen LogP contribution < -0.4 is 0 Å². The molecule has 1 N–H and O–H groups in total. The zero-order valence-corrected chi connectivity index (χ0v) is 16.8. The van der Waals surface area contributed by atoms with Gasteiger partial charge in [0.25, 0.3) is 0 Å². The third-order valence-corrected chi connectivity index (χ3v) is 6.33. The zero-order valence-electron chi connectivity index (χ0n) is 15.9. The van der Waals surface area contributed by atoms with E-state index < -0.39 is 5.92 Å². The maximum atomic E-state index is 12.9. The summed E-state index contributed by atoms with van der Waals surface area (Å²) < 4.78 is 1.85. The summed E-state index contributed by atoms with van der Waals surface area (Å²) >= 11 is 1.53. The van der Waals surface area contributed by atoms with Crippen molar-refractivity contribution in [1.82, 2.24) is 19.1 Å². The molecule has 0 spiro atoms. The van der Waals surface area contributed by atoms with Gasteiger partial charge in [0.15, 0.2) is 0 Å². The van der Waals surface area contributed by atoms with Crippen molar-refractivity contribution in [2.24, 2.45) is 0 Å². The highest BCUT2D eigenvalue weighted by Gasteiger charge is 2.31. The number of carbonyl (C=O) groups is 1. The van der Waals surface area contributed by atoms with Crippen molar-refractivity contribution in [3.63, 3.8) is 0 Å². The number of carbonyl (C=O) groups excluding carboxylic acids is 1. The lowest BCUT2D eigenvalue weighted by Crippen LogP contribution is -2.32. The summed E-state index contributed by atoms with van der Waals surface area (Å²) in [6.45, 7) is 0.803. The fraction of sp³-hybridized carbons (Fsp3) is 0.318. The Morgan fingerprint density at radius 2 is 2.00 bits per heavy atom. The summed E-state index contributed by atoms with van der Waals surface area (Å²) in [5.41, 5.74) is 3.99. The van der Waals surface area contributed by atoms with Crippen LogP contribution in [0.4, 0.5) is 0 Å². The average Bonchev–Trinajstić information content (AvgIpc) is 3.42. The molecule has 148 valence electrons. The molecule has 5 rings (SSSR count). The summed E-state index contributed by atoms with van der Waals surface area (Å²) in [5.74, 6) is 0.0678. The lowest BCUT2D eigenvalue weighted by molar-refractivity contribution is -0.134. The summed E-state index contributed by atoms with van der Waals surface area (Å²) in [6, 6.07) is 13.6. The summed E-state index contributed by atoms with van der Waals surface area (Å²) in [4.78, 5) is 20.3. The van der Waals surface area contributed by atoms with Crippen molar-refractivity contribution in [1.29, 1.82) is 0 Å². The van der Waals surface area contributed by atoms with Gasteiger partial charge in [-0.25, -0.2) is 4.09 Å². The minimum atomic E-state index is -0.530. The number of pyridine rings is 1. The van der Waals surface area contributed by atoms with E-state index >= 15 is 0 Å². The Hall–Kier alpha value is -2.64. The standard InChI is InChI=1S/C22H22N4O2S/c27-14-19(15-4-2-1-3-5-15)22(28)25-11-17-12-26(24-21(17)13-25)29-18-8-9-20(23-10-18)16-6-7-16/h1-5,8-10,12,16,19,27H,6-7,11,13-14H2. The smallest absolute Gasteiger partial charge is 0.233 e. The molecule has 1 unspecified atom stereocenters. The van der Waals surface area contributed by atoms with Crippen LogP contribution in [0.25, 0.3) is 0 Å².